The largest absolute Gasteiger partial charge is 0.481 e. The van der Waals surface area contributed by atoms with E-state index < -0.39 is 5.97 Å². The van der Waals surface area contributed by atoms with Crippen LogP contribution in [0.5, 0.6) is 0 Å². The number of carbonyl (C=O) groups is 1. The molecule has 0 saturated carbocycles. The Balaban J connectivity index is 2.16. The van der Waals surface area contributed by atoms with Gasteiger partial charge in [-0.15, -0.1) is 0 Å². The fraction of sp³-hybridized carbons (Fsp3) is 0.417. The van der Waals surface area contributed by atoms with Crippen molar-refractivity contribution in [1.82, 2.24) is 5.32 Å². The van der Waals surface area contributed by atoms with E-state index >= 15 is 0 Å². The summed E-state index contributed by atoms with van der Waals surface area (Å²) in [4.78, 5) is 11.0. The van der Waals surface area contributed by atoms with Gasteiger partial charge in [0.1, 0.15) is 0 Å². The van der Waals surface area contributed by atoms with Gasteiger partial charge in [-0.25, -0.2) is 0 Å². The first kappa shape index (κ1) is 11.6. The van der Waals surface area contributed by atoms with Gasteiger partial charge in [-0.3, -0.25) is 4.79 Å². The van der Waals surface area contributed by atoms with Crippen LogP contribution >= 0.6 is 15.9 Å². The summed E-state index contributed by atoms with van der Waals surface area (Å²) in [7, 11) is 0. The molecule has 2 atom stereocenters. The van der Waals surface area contributed by atoms with Crippen molar-refractivity contribution in [2.24, 2.45) is 5.92 Å². The molecule has 1 aromatic rings. The summed E-state index contributed by atoms with van der Waals surface area (Å²) in [5, 5.41) is 12.4. The van der Waals surface area contributed by atoms with E-state index in [2.05, 4.69) is 21.2 Å². The zero-order valence-corrected chi connectivity index (χ0v) is 10.4. The van der Waals surface area contributed by atoms with E-state index in [0.29, 0.717) is 6.42 Å². The average molecular weight is 284 g/mol. The Morgan fingerprint density at radius 1 is 1.44 bits per heavy atom. The van der Waals surface area contributed by atoms with Gasteiger partial charge in [0.15, 0.2) is 0 Å². The second kappa shape index (κ2) is 4.97. The predicted octanol–water partition coefficient (Wildman–Crippen LogP) is 2.57. The number of hydrogen-bond acceptors (Lipinski definition) is 2. The van der Waals surface area contributed by atoms with Crippen molar-refractivity contribution < 1.29 is 9.90 Å². The number of rotatable bonds is 2. The number of carboxylic acid groups (broad SMARTS) is 1. The summed E-state index contributed by atoms with van der Waals surface area (Å²) in [5.74, 6) is -0.906. The number of piperidine rings is 1. The van der Waals surface area contributed by atoms with Gasteiger partial charge in [-0.05, 0) is 31.0 Å². The van der Waals surface area contributed by atoms with Gasteiger partial charge in [0.25, 0.3) is 0 Å². The molecule has 3 nitrogen and oxygen atoms in total. The second-order valence-electron chi connectivity index (χ2n) is 4.09. The van der Waals surface area contributed by atoms with Crippen molar-refractivity contribution in [3.8, 4) is 0 Å². The van der Waals surface area contributed by atoms with Crippen LogP contribution in [0.15, 0.2) is 28.7 Å². The van der Waals surface area contributed by atoms with Crippen molar-refractivity contribution in [3.05, 3.63) is 34.3 Å². The predicted molar refractivity (Wildman–Crippen MR) is 65.2 cm³/mol. The third kappa shape index (κ3) is 2.44. The lowest BCUT2D eigenvalue weighted by Crippen LogP contribution is -2.35. The van der Waals surface area contributed by atoms with Crippen LogP contribution in [0.1, 0.15) is 24.4 Å². The molecule has 4 heteroatoms. The minimum atomic E-state index is -0.682. The summed E-state index contributed by atoms with van der Waals surface area (Å²) < 4.78 is 1.04. The molecule has 0 aliphatic carbocycles. The maximum atomic E-state index is 11.0. The summed E-state index contributed by atoms with van der Waals surface area (Å²) >= 11 is 3.50. The molecule has 0 spiro atoms. The molecule has 0 radical (unpaired) electrons. The van der Waals surface area contributed by atoms with E-state index in [0.717, 1.165) is 23.0 Å². The average Bonchev–Trinajstić information content (AvgIpc) is 2.30. The summed E-state index contributed by atoms with van der Waals surface area (Å²) in [6.07, 6.45) is 1.38. The zero-order valence-electron chi connectivity index (χ0n) is 8.82. The lowest BCUT2D eigenvalue weighted by Gasteiger charge is -2.29. The van der Waals surface area contributed by atoms with Crippen molar-refractivity contribution >= 4 is 21.9 Å². The lowest BCUT2D eigenvalue weighted by atomic mass is 9.89. The van der Waals surface area contributed by atoms with Crippen molar-refractivity contribution in [3.63, 3.8) is 0 Å². The molecule has 16 heavy (non-hydrogen) atoms. The van der Waals surface area contributed by atoms with Gasteiger partial charge in [-0.2, -0.15) is 0 Å². The molecule has 1 aliphatic heterocycles. The highest BCUT2D eigenvalue weighted by atomic mass is 79.9. The lowest BCUT2D eigenvalue weighted by molar-refractivity contribution is -0.143. The Hall–Kier alpha value is -0.870. The van der Waals surface area contributed by atoms with Gasteiger partial charge in [0, 0.05) is 10.5 Å². The molecule has 0 amide bonds. The second-order valence-corrected chi connectivity index (χ2v) is 4.94. The Labute approximate surface area is 103 Å². The summed E-state index contributed by atoms with van der Waals surface area (Å²) in [6, 6.07) is 8.11. The van der Waals surface area contributed by atoms with E-state index in [-0.39, 0.29) is 12.0 Å². The Bertz CT molecular complexity index is 394. The maximum Gasteiger partial charge on any atom is 0.306 e. The van der Waals surface area contributed by atoms with E-state index in [9.17, 15) is 4.79 Å². The van der Waals surface area contributed by atoms with Crippen molar-refractivity contribution in [1.29, 1.82) is 0 Å². The van der Waals surface area contributed by atoms with Crippen molar-refractivity contribution in [2.75, 3.05) is 6.54 Å². The van der Waals surface area contributed by atoms with Gasteiger partial charge >= 0.3 is 5.97 Å². The smallest absolute Gasteiger partial charge is 0.306 e. The van der Waals surface area contributed by atoms with Gasteiger partial charge < -0.3 is 10.4 Å². The normalized spacial score (nSPS) is 25.3. The molecule has 1 aromatic carbocycles. The molecule has 1 heterocycles. The molecule has 2 unspecified atom stereocenters. The number of hydrogen-bond donors (Lipinski definition) is 2. The Morgan fingerprint density at radius 2 is 2.19 bits per heavy atom. The molecule has 2 rings (SSSR count). The maximum absolute atomic E-state index is 11.0. The molecule has 1 fully saturated rings. The summed E-state index contributed by atoms with van der Waals surface area (Å²) in [6.45, 7) is 0.767. The quantitative estimate of drug-likeness (QED) is 0.877. The van der Waals surface area contributed by atoms with Crippen LogP contribution in [0, 0.1) is 5.92 Å². The van der Waals surface area contributed by atoms with E-state index in [1.807, 2.05) is 24.3 Å². The molecule has 2 N–H and O–H groups in total. The number of carboxylic acids is 1. The van der Waals surface area contributed by atoms with Crippen LogP contribution in [0.3, 0.4) is 0 Å². The SMILES string of the molecule is O=C(O)C1CCNC(c2ccccc2Br)C1. The first-order chi connectivity index (χ1) is 7.68. The fourth-order valence-electron chi connectivity index (χ4n) is 2.14. The van der Waals surface area contributed by atoms with Gasteiger partial charge in [0.2, 0.25) is 0 Å². The molecule has 0 aromatic heterocycles. The minimum absolute atomic E-state index is 0.144. The zero-order chi connectivity index (χ0) is 11.5. The Kier molecular flexibility index (Phi) is 3.61. The topological polar surface area (TPSA) is 49.3 Å². The third-order valence-corrected chi connectivity index (χ3v) is 3.76. The highest BCUT2D eigenvalue weighted by Crippen LogP contribution is 2.31. The molecule has 1 saturated heterocycles. The third-order valence-electron chi connectivity index (χ3n) is 3.03. The standard InChI is InChI=1S/C12H14BrNO2/c13-10-4-2-1-3-9(10)11-7-8(12(15)16)5-6-14-11/h1-4,8,11,14H,5-7H2,(H,15,16). The van der Waals surface area contributed by atoms with Crippen LogP contribution in [-0.2, 0) is 4.79 Å². The molecular formula is C12H14BrNO2. The van der Waals surface area contributed by atoms with Gasteiger partial charge in [-0.1, -0.05) is 34.1 Å². The number of benzene rings is 1. The van der Waals surface area contributed by atoms with Crippen molar-refractivity contribution in [2.45, 2.75) is 18.9 Å². The first-order valence-corrected chi connectivity index (χ1v) is 6.18. The summed E-state index contributed by atoms with van der Waals surface area (Å²) in [5.41, 5.74) is 1.15. The van der Waals surface area contributed by atoms with E-state index in [1.54, 1.807) is 0 Å². The fourth-order valence-corrected chi connectivity index (χ4v) is 2.70. The molecule has 0 bridgehead atoms. The highest BCUT2D eigenvalue weighted by Gasteiger charge is 2.28. The minimum Gasteiger partial charge on any atom is -0.481 e. The first-order valence-electron chi connectivity index (χ1n) is 5.39. The van der Waals surface area contributed by atoms with Gasteiger partial charge in [0.05, 0.1) is 5.92 Å². The molecule has 1 aliphatic rings. The van der Waals surface area contributed by atoms with Crippen LogP contribution in [0.2, 0.25) is 0 Å². The van der Waals surface area contributed by atoms with E-state index in [1.165, 1.54) is 0 Å². The number of halogens is 1. The highest BCUT2D eigenvalue weighted by molar-refractivity contribution is 9.10. The number of aliphatic carboxylic acids is 1. The molecule has 86 valence electrons. The Morgan fingerprint density at radius 3 is 2.88 bits per heavy atom. The number of nitrogens with one attached hydrogen (secondary N) is 1. The monoisotopic (exact) mass is 283 g/mol. The van der Waals surface area contributed by atoms with Crippen LogP contribution in [0.4, 0.5) is 0 Å². The van der Waals surface area contributed by atoms with Crippen LogP contribution in [-0.4, -0.2) is 17.6 Å². The van der Waals surface area contributed by atoms with E-state index in [4.69, 9.17) is 5.11 Å². The van der Waals surface area contributed by atoms with Crippen LogP contribution in [0.25, 0.3) is 0 Å². The molecular weight excluding hydrogens is 270 g/mol. The van der Waals surface area contributed by atoms with Crippen LogP contribution < -0.4 is 5.32 Å².